The first-order chi connectivity index (χ1) is 11.1. The highest BCUT2D eigenvalue weighted by Crippen LogP contribution is 2.24. The first-order valence-corrected chi connectivity index (χ1v) is 7.83. The van der Waals surface area contributed by atoms with Crippen LogP contribution in [0.4, 0.5) is 0 Å². The van der Waals surface area contributed by atoms with Crippen LogP contribution in [0.2, 0.25) is 0 Å². The Morgan fingerprint density at radius 2 is 2.09 bits per heavy atom. The van der Waals surface area contributed by atoms with Crippen LogP contribution in [-0.2, 0) is 6.54 Å². The van der Waals surface area contributed by atoms with Gasteiger partial charge in [0.1, 0.15) is 5.82 Å². The van der Waals surface area contributed by atoms with E-state index in [0.29, 0.717) is 12.1 Å². The van der Waals surface area contributed by atoms with Gasteiger partial charge in [0.05, 0.1) is 28.7 Å². The molecule has 0 aliphatic rings. The summed E-state index contributed by atoms with van der Waals surface area (Å²) in [5.74, 6) is 0.899. The van der Waals surface area contributed by atoms with Gasteiger partial charge in [-0.05, 0) is 48.7 Å². The third-order valence-corrected chi connectivity index (χ3v) is 4.10. The average molecular weight is 304 g/mol. The molecule has 0 radical (unpaired) electrons. The molecule has 23 heavy (non-hydrogen) atoms. The van der Waals surface area contributed by atoms with Crippen molar-refractivity contribution in [1.29, 1.82) is 5.26 Å². The Labute approximate surface area is 136 Å². The summed E-state index contributed by atoms with van der Waals surface area (Å²) in [6.07, 6.45) is 0.834. The molecule has 3 aromatic rings. The van der Waals surface area contributed by atoms with Gasteiger partial charge in [-0.25, -0.2) is 4.98 Å². The molecule has 0 saturated heterocycles. The van der Waals surface area contributed by atoms with E-state index < -0.39 is 0 Å². The molecule has 4 heteroatoms. The smallest absolute Gasteiger partial charge is 0.127 e. The molecular weight excluding hydrogens is 284 g/mol. The summed E-state index contributed by atoms with van der Waals surface area (Å²) in [6, 6.07) is 16.0. The van der Waals surface area contributed by atoms with Crippen LogP contribution in [0.1, 0.15) is 41.9 Å². The van der Waals surface area contributed by atoms with E-state index in [4.69, 9.17) is 16.0 Å². The van der Waals surface area contributed by atoms with Crippen molar-refractivity contribution in [3.8, 4) is 6.07 Å². The van der Waals surface area contributed by atoms with Crippen LogP contribution in [0.5, 0.6) is 0 Å². The molecule has 2 N–H and O–H groups in total. The third kappa shape index (κ3) is 2.96. The topological polar surface area (TPSA) is 67.6 Å². The van der Waals surface area contributed by atoms with E-state index in [-0.39, 0.29) is 6.04 Å². The number of nitriles is 1. The minimum atomic E-state index is -0.0955. The van der Waals surface area contributed by atoms with Gasteiger partial charge in [-0.3, -0.25) is 0 Å². The summed E-state index contributed by atoms with van der Waals surface area (Å²) >= 11 is 0. The van der Waals surface area contributed by atoms with Crippen molar-refractivity contribution in [2.45, 2.75) is 32.9 Å². The molecule has 0 spiro atoms. The number of benzene rings is 2. The molecule has 116 valence electrons. The minimum Gasteiger partial charge on any atom is -0.322 e. The highest BCUT2D eigenvalue weighted by Gasteiger charge is 2.16. The Balaban J connectivity index is 2.12. The first-order valence-electron chi connectivity index (χ1n) is 7.83. The lowest BCUT2D eigenvalue weighted by molar-refractivity contribution is 0.605. The maximum absolute atomic E-state index is 9.08. The molecule has 0 amide bonds. The zero-order valence-electron chi connectivity index (χ0n) is 13.5. The fourth-order valence-corrected chi connectivity index (χ4v) is 2.81. The van der Waals surface area contributed by atoms with Crippen LogP contribution in [0.3, 0.4) is 0 Å². The van der Waals surface area contributed by atoms with E-state index in [1.54, 1.807) is 0 Å². The van der Waals surface area contributed by atoms with Gasteiger partial charge in [-0.15, -0.1) is 0 Å². The number of nitrogens with two attached hydrogens (primary N) is 1. The fourth-order valence-electron chi connectivity index (χ4n) is 2.81. The van der Waals surface area contributed by atoms with Crippen LogP contribution in [0.15, 0.2) is 42.5 Å². The van der Waals surface area contributed by atoms with E-state index in [2.05, 4.69) is 42.7 Å². The first kappa shape index (κ1) is 15.3. The summed E-state index contributed by atoms with van der Waals surface area (Å²) in [4.78, 5) is 4.76. The molecule has 0 aliphatic heterocycles. The monoisotopic (exact) mass is 304 g/mol. The van der Waals surface area contributed by atoms with Gasteiger partial charge in [0.15, 0.2) is 0 Å². The third-order valence-electron chi connectivity index (χ3n) is 4.10. The number of rotatable bonds is 4. The average Bonchev–Trinajstić information content (AvgIpc) is 2.92. The Morgan fingerprint density at radius 3 is 2.83 bits per heavy atom. The second-order valence-corrected chi connectivity index (χ2v) is 5.88. The van der Waals surface area contributed by atoms with Crippen molar-refractivity contribution in [1.82, 2.24) is 9.55 Å². The predicted octanol–water partition coefficient (Wildman–Crippen LogP) is 3.67. The number of nitrogens with zero attached hydrogens (tertiary/aromatic N) is 3. The number of hydrogen-bond acceptors (Lipinski definition) is 3. The van der Waals surface area contributed by atoms with Gasteiger partial charge in [0, 0.05) is 6.54 Å². The van der Waals surface area contributed by atoms with Crippen LogP contribution in [-0.4, -0.2) is 9.55 Å². The lowest BCUT2D eigenvalue weighted by Gasteiger charge is -2.13. The molecule has 1 atom stereocenters. The number of imidazole rings is 1. The molecule has 2 aromatic carbocycles. The summed E-state index contributed by atoms with van der Waals surface area (Å²) in [7, 11) is 0. The van der Waals surface area contributed by atoms with Crippen molar-refractivity contribution >= 4 is 11.0 Å². The van der Waals surface area contributed by atoms with Crippen LogP contribution >= 0.6 is 0 Å². The molecule has 4 nitrogen and oxygen atoms in total. The zero-order chi connectivity index (χ0) is 16.4. The maximum Gasteiger partial charge on any atom is 0.127 e. The number of aryl methyl sites for hydroxylation is 1. The Kier molecular flexibility index (Phi) is 4.14. The summed E-state index contributed by atoms with van der Waals surface area (Å²) < 4.78 is 2.17. The number of hydrogen-bond donors (Lipinski definition) is 1. The minimum absolute atomic E-state index is 0.0955. The van der Waals surface area contributed by atoms with E-state index in [9.17, 15) is 0 Å². The second kappa shape index (κ2) is 6.23. The van der Waals surface area contributed by atoms with E-state index in [1.165, 1.54) is 5.56 Å². The largest absolute Gasteiger partial charge is 0.322 e. The van der Waals surface area contributed by atoms with Crippen molar-refractivity contribution in [3.63, 3.8) is 0 Å². The molecule has 3 rings (SSSR count). The van der Waals surface area contributed by atoms with Gasteiger partial charge < -0.3 is 10.3 Å². The summed E-state index contributed by atoms with van der Waals surface area (Å²) in [5.41, 5.74) is 11.3. The maximum atomic E-state index is 9.08. The summed E-state index contributed by atoms with van der Waals surface area (Å²) in [6.45, 7) is 4.79. The standard InChI is InChI=1S/C19H20N4/c1-3-16(21)19-22-17-9-13(2)7-8-18(17)23(19)12-15-6-4-5-14(10-15)11-20/h4-10,16H,3,12,21H2,1-2H3. The molecule has 0 fully saturated rings. The van der Waals surface area contributed by atoms with Crippen molar-refractivity contribution < 1.29 is 0 Å². The Bertz CT molecular complexity index is 886. The number of aromatic nitrogens is 2. The molecule has 0 aliphatic carbocycles. The van der Waals surface area contributed by atoms with Crippen molar-refractivity contribution in [3.05, 3.63) is 65.0 Å². The second-order valence-electron chi connectivity index (χ2n) is 5.88. The SMILES string of the molecule is CCC(N)c1nc2cc(C)ccc2n1Cc1cccc(C#N)c1. The van der Waals surface area contributed by atoms with Gasteiger partial charge >= 0.3 is 0 Å². The van der Waals surface area contributed by atoms with Crippen LogP contribution in [0, 0.1) is 18.3 Å². The lowest BCUT2D eigenvalue weighted by Crippen LogP contribution is -2.16. The van der Waals surface area contributed by atoms with Gasteiger partial charge in [0.25, 0.3) is 0 Å². The van der Waals surface area contributed by atoms with E-state index in [0.717, 1.165) is 28.8 Å². The van der Waals surface area contributed by atoms with Crippen molar-refractivity contribution in [2.24, 2.45) is 5.73 Å². The zero-order valence-corrected chi connectivity index (χ0v) is 13.5. The highest BCUT2D eigenvalue weighted by molar-refractivity contribution is 5.77. The molecule has 1 heterocycles. The van der Waals surface area contributed by atoms with Gasteiger partial charge in [0.2, 0.25) is 0 Å². The molecule has 1 aromatic heterocycles. The fraction of sp³-hybridized carbons (Fsp3) is 0.263. The van der Waals surface area contributed by atoms with Crippen molar-refractivity contribution in [2.75, 3.05) is 0 Å². The van der Waals surface area contributed by atoms with Gasteiger partial charge in [-0.2, -0.15) is 5.26 Å². The number of fused-ring (bicyclic) bond motifs is 1. The molecular formula is C19H20N4. The molecule has 1 unspecified atom stereocenters. The Morgan fingerprint density at radius 1 is 1.26 bits per heavy atom. The molecule has 0 saturated carbocycles. The van der Waals surface area contributed by atoms with Gasteiger partial charge in [-0.1, -0.05) is 25.1 Å². The van der Waals surface area contributed by atoms with E-state index >= 15 is 0 Å². The van der Waals surface area contributed by atoms with Crippen LogP contribution in [0.25, 0.3) is 11.0 Å². The quantitative estimate of drug-likeness (QED) is 0.799. The van der Waals surface area contributed by atoms with E-state index in [1.807, 2.05) is 24.3 Å². The van der Waals surface area contributed by atoms with Crippen LogP contribution < -0.4 is 5.73 Å². The Hall–Kier alpha value is -2.64. The predicted molar refractivity (Wildman–Crippen MR) is 91.9 cm³/mol. The molecule has 0 bridgehead atoms. The lowest BCUT2D eigenvalue weighted by atomic mass is 10.1. The highest BCUT2D eigenvalue weighted by atomic mass is 15.1. The normalized spacial score (nSPS) is 12.3. The summed E-state index contributed by atoms with van der Waals surface area (Å²) in [5, 5.41) is 9.08.